The van der Waals surface area contributed by atoms with Crippen molar-refractivity contribution >= 4 is 16.0 Å². The fraction of sp³-hybridized carbons (Fsp3) is 0.306. The van der Waals surface area contributed by atoms with Crippen molar-refractivity contribution in [3.8, 4) is 28.8 Å². The maximum Gasteiger partial charge on any atom is 0.573 e. The van der Waals surface area contributed by atoms with E-state index in [1.807, 2.05) is 0 Å². The molecule has 18 heteroatoms. The molecular weight excluding hydrogens is 736 g/mol. The lowest BCUT2D eigenvalue weighted by atomic mass is 10.0. The molecule has 2 atom stereocenters. The summed E-state index contributed by atoms with van der Waals surface area (Å²) in [4.78, 5) is 19.1. The van der Waals surface area contributed by atoms with E-state index in [-0.39, 0.29) is 42.5 Å². The first kappa shape index (κ1) is 39.6. The Bertz CT molecular complexity index is 2100. The molecule has 286 valence electrons. The molecule has 0 spiro atoms. The fourth-order valence-electron chi connectivity index (χ4n) is 5.49. The molecule has 3 aromatic carbocycles. The summed E-state index contributed by atoms with van der Waals surface area (Å²) < 4.78 is 103. The van der Waals surface area contributed by atoms with Crippen molar-refractivity contribution in [2.24, 2.45) is 0 Å². The Hall–Kier alpha value is -5.62. The van der Waals surface area contributed by atoms with Crippen LogP contribution in [0.3, 0.4) is 0 Å². The molecule has 54 heavy (non-hydrogen) atoms. The second kappa shape index (κ2) is 17.0. The summed E-state index contributed by atoms with van der Waals surface area (Å²) in [6, 6.07) is 20.9. The van der Waals surface area contributed by atoms with Gasteiger partial charge in [-0.2, -0.15) is 9.10 Å². The standard InChI is InChI=1S/C36H36F4N6O7S/c1-5-52-35(47)33(54(48,49)45(20-24-9-13-27(50-3)14-10-24)21-25-11-15-28(51-4)16-12-25)23(2)31-7-6-8-32(41-31)34-42-44-46(43-34)22-26-19-29(17-18-30(26)37)53-36(38,39)40/h6-19,23,33H,5,20-22H2,1-4H3. The lowest BCUT2D eigenvalue weighted by Gasteiger charge is -2.30. The van der Waals surface area contributed by atoms with E-state index < -0.39 is 51.6 Å². The molecule has 5 rings (SSSR count). The van der Waals surface area contributed by atoms with Crippen molar-refractivity contribution in [3.63, 3.8) is 0 Å². The molecule has 0 aliphatic carbocycles. The Morgan fingerprint density at radius 1 is 0.889 bits per heavy atom. The van der Waals surface area contributed by atoms with Crippen LogP contribution >= 0.6 is 0 Å². The Morgan fingerprint density at radius 2 is 1.48 bits per heavy atom. The number of tetrazole rings is 1. The molecule has 2 aromatic heterocycles. The van der Waals surface area contributed by atoms with Gasteiger partial charge < -0.3 is 18.9 Å². The summed E-state index contributed by atoms with van der Waals surface area (Å²) in [5.41, 5.74) is 1.39. The molecule has 0 saturated heterocycles. The highest BCUT2D eigenvalue weighted by Crippen LogP contribution is 2.31. The van der Waals surface area contributed by atoms with E-state index in [1.54, 1.807) is 67.6 Å². The lowest BCUT2D eigenvalue weighted by Crippen LogP contribution is -2.45. The van der Waals surface area contributed by atoms with Crippen molar-refractivity contribution in [2.45, 2.75) is 51.0 Å². The smallest absolute Gasteiger partial charge is 0.497 e. The maximum atomic E-state index is 14.7. The zero-order valence-electron chi connectivity index (χ0n) is 29.5. The Balaban J connectivity index is 1.45. The number of ether oxygens (including phenoxy) is 4. The van der Waals surface area contributed by atoms with Gasteiger partial charge in [0.15, 0.2) is 5.25 Å². The highest BCUT2D eigenvalue weighted by molar-refractivity contribution is 7.90. The first-order valence-electron chi connectivity index (χ1n) is 16.4. The van der Waals surface area contributed by atoms with E-state index >= 15 is 0 Å². The summed E-state index contributed by atoms with van der Waals surface area (Å²) in [5, 5.41) is 10.3. The normalized spacial score (nSPS) is 13.0. The minimum absolute atomic E-state index is 0.0525. The Kier molecular flexibility index (Phi) is 12.5. The zero-order valence-corrected chi connectivity index (χ0v) is 30.3. The van der Waals surface area contributed by atoms with Crippen LogP contribution in [0.4, 0.5) is 17.6 Å². The van der Waals surface area contributed by atoms with Crippen LogP contribution in [0.15, 0.2) is 84.9 Å². The largest absolute Gasteiger partial charge is 0.573 e. The monoisotopic (exact) mass is 772 g/mol. The molecule has 0 fully saturated rings. The summed E-state index contributed by atoms with van der Waals surface area (Å²) in [5.74, 6) is -2.38. The fourth-order valence-corrected chi connectivity index (χ4v) is 7.44. The van der Waals surface area contributed by atoms with Crippen LogP contribution in [0.2, 0.25) is 0 Å². The molecule has 13 nitrogen and oxygen atoms in total. The van der Waals surface area contributed by atoms with Gasteiger partial charge in [-0.25, -0.2) is 17.8 Å². The Morgan fingerprint density at radius 3 is 2.04 bits per heavy atom. The highest BCUT2D eigenvalue weighted by atomic mass is 32.2. The van der Waals surface area contributed by atoms with Gasteiger partial charge in [0.05, 0.1) is 27.4 Å². The number of carbonyl (C=O) groups is 1. The number of benzene rings is 3. The van der Waals surface area contributed by atoms with Crippen LogP contribution in [0, 0.1) is 5.82 Å². The third-order valence-corrected chi connectivity index (χ3v) is 10.4. The molecule has 2 unspecified atom stereocenters. The van der Waals surface area contributed by atoms with Crippen molar-refractivity contribution < 1.29 is 49.7 Å². The minimum atomic E-state index is -4.97. The summed E-state index contributed by atoms with van der Waals surface area (Å²) in [6.45, 7) is 2.44. The van der Waals surface area contributed by atoms with Crippen LogP contribution in [0.25, 0.3) is 11.5 Å². The number of hydrogen-bond acceptors (Lipinski definition) is 11. The maximum absolute atomic E-state index is 14.7. The number of alkyl halides is 3. The molecule has 0 bridgehead atoms. The van der Waals surface area contributed by atoms with E-state index in [0.29, 0.717) is 22.6 Å². The number of esters is 1. The van der Waals surface area contributed by atoms with Crippen molar-refractivity contribution in [2.75, 3.05) is 20.8 Å². The van der Waals surface area contributed by atoms with E-state index in [0.717, 1.165) is 23.0 Å². The summed E-state index contributed by atoms with van der Waals surface area (Å²) >= 11 is 0. The third-order valence-electron chi connectivity index (χ3n) is 8.17. The lowest BCUT2D eigenvalue weighted by molar-refractivity contribution is -0.274. The number of sulfonamides is 1. The topological polar surface area (TPSA) is 148 Å². The minimum Gasteiger partial charge on any atom is -0.497 e. The number of halogens is 4. The predicted molar refractivity (Wildman–Crippen MR) is 186 cm³/mol. The number of aromatic nitrogens is 5. The van der Waals surface area contributed by atoms with Crippen molar-refractivity contribution in [1.82, 2.24) is 29.5 Å². The van der Waals surface area contributed by atoms with E-state index in [1.165, 1.54) is 31.5 Å². The van der Waals surface area contributed by atoms with E-state index in [4.69, 9.17) is 14.2 Å². The predicted octanol–water partition coefficient (Wildman–Crippen LogP) is 5.91. The van der Waals surface area contributed by atoms with Gasteiger partial charge in [-0.1, -0.05) is 37.3 Å². The molecule has 0 saturated carbocycles. The molecule has 0 N–H and O–H groups in total. The highest BCUT2D eigenvalue weighted by Gasteiger charge is 2.44. The van der Waals surface area contributed by atoms with Crippen LogP contribution in [0.5, 0.6) is 17.2 Å². The van der Waals surface area contributed by atoms with Gasteiger partial charge in [-0.05, 0) is 77.9 Å². The van der Waals surface area contributed by atoms with Gasteiger partial charge in [0.1, 0.15) is 28.8 Å². The number of nitrogens with zero attached hydrogens (tertiary/aromatic N) is 6. The third kappa shape index (κ3) is 9.87. The molecule has 5 aromatic rings. The van der Waals surface area contributed by atoms with Gasteiger partial charge in [0, 0.05) is 30.3 Å². The first-order chi connectivity index (χ1) is 25.7. The molecule has 0 aliphatic heterocycles. The molecule has 0 aliphatic rings. The van der Waals surface area contributed by atoms with Crippen LogP contribution in [-0.4, -0.2) is 76.3 Å². The molecule has 2 heterocycles. The Labute approximate surface area is 308 Å². The number of carbonyl (C=O) groups excluding carboxylic acids is 1. The number of hydrogen-bond donors (Lipinski definition) is 0. The van der Waals surface area contributed by atoms with Crippen molar-refractivity contribution in [3.05, 3.63) is 113 Å². The molecule has 0 radical (unpaired) electrons. The average Bonchev–Trinajstić information content (AvgIpc) is 3.61. The van der Waals surface area contributed by atoms with E-state index in [2.05, 4.69) is 25.1 Å². The second-order valence-electron chi connectivity index (χ2n) is 11.9. The van der Waals surface area contributed by atoms with Gasteiger partial charge in [-0.3, -0.25) is 4.79 Å². The van der Waals surface area contributed by atoms with Gasteiger partial charge >= 0.3 is 12.3 Å². The van der Waals surface area contributed by atoms with E-state index in [9.17, 15) is 30.8 Å². The average molecular weight is 773 g/mol. The summed E-state index contributed by atoms with van der Waals surface area (Å²) in [7, 11) is -1.46. The van der Waals surface area contributed by atoms with Gasteiger partial charge in [-0.15, -0.1) is 23.4 Å². The van der Waals surface area contributed by atoms with Gasteiger partial charge in [0.2, 0.25) is 15.8 Å². The van der Waals surface area contributed by atoms with Crippen LogP contribution in [0.1, 0.15) is 42.1 Å². The van der Waals surface area contributed by atoms with Crippen LogP contribution in [-0.2, 0) is 39.2 Å². The number of rotatable bonds is 16. The second-order valence-corrected chi connectivity index (χ2v) is 13.9. The quantitative estimate of drug-likeness (QED) is 0.0872. The SMILES string of the molecule is CCOC(=O)C(C(C)c1cccc(-c2nnn(Cc3cc(OC(F)(F)F)ccc3F)n2)n1)S(=O)(=O)N(Cc1ccc(OC)cc1)Cc1ccc(OC)cc1. The number of pyridine rings is 1. The molecule has 0 amide bonds. The van der Waals surface area contributed by atoms with Crippen molar-refractivity contribution in [1.29, 1.82) is 0 Å². The first-order valence-corrected chi connectivity index (χ1v) is 17.9. The number of methoxy groups -OCH3 is 2. The van der Waals surface area contributed by atoms with Crippen LogP contribution < -0.4 is 14.2 Å². The zero-order chi connectivity index (χ0) is 39.0. The van der Waals surface area contributed by atoms with Gasteiger partial charge in [0.25, 0.3) is 0 Å². The summed E-state index contributed by atoms with van der Waals surface area (Å²) in [6.07, 6.45) is -4.97. The molecular formula is C36H36F4N6O7S.